The van der Waals surface area contributed by atoms with Gasteiger partial charge >= 0.3 is 0 Å². The molecule has 1 N–H and O–H groups in total. The average Bonchev–Trinajstić information content (AvgIpc) is 2.85. The number of nitrogens with one attached hydrogen (secondary N) is 1. The van der Waals surface area contributed by atoms with Crippen molar-refractivity contribution in [3.63, 3.8) is 0 Å². The van der Waals surface area contributed by atoms with Crippen LogP contribution in [0, 0.1) is 0 Å². The van der Waals surface area contributed by atoms with Crippen molar-refractivity contribution in [3.8, 4) is 0 Å². The van der Waals surface area contributed by atoms with Crippen molar-refractivity contribution < 1.29 is 0 Å². The summed E-state index contributed by atoms with van der Waals surface area (Å²) in [5, 5.41) is 4.69. The molecule has 2 aromatic heterocycles. The second kappa shape index (κ2) is 6.41. The first-order valence-electron chi connectivity index (χ1n) is 7.16. The van der Waals surface area contributed by atoms with E-state index in [1.54, 1.807) is 0 Å². The summed E-state index contributed by atoms with van der Waals surface area (Å²) in [4.78, 5) is 4.49. The van der Waals surface area contributed by atoms with E-state index in [0.717, 1.165) is 29.8 Å². The van der Waals surface area contributed by atoms with Crippen molar-refractivity contribution >= 4 is 26.8 Å². The highest BCUT2D eigenvalue weighted by Crippen LogP contribution is 2.21. The van der Waals surface area contributed by atoms with Gasteiger partial charge in [-0.25, -0.2) is 0 Å². The summed E-state index contributed by atoms with van der Waals surface area (Å²) in [5.41, 5.74) is 3.62. The van der Waals surface area contributed by atoms with E-state index < -0.39 is 0 Å². The monoisotopic (exact) mass is 343 g/mol. The molecule has 0 fully saturated rings. The van der Waals surface area contributed by atoms with E-state index in [4.69, 9.17) is 0 Å². The molecule has 0 spiro atoms. The van der Waals surface area contributed by atoms with Crippen molar-refractivity contribution in [2.45, 2.75) is 20.0 Å². The zero-order chi connectivity index (χ0) is 14.7. The summed E-state index contributed by atoms with van der Waals surface area (Å²) < 4.78 is 3.35. The Morgan fingerprint density at radius 1 is 1.19 bits per heavy atom. The molecule has 21 heavy (non-hydrogen) atoms. The lowest BCUT2D eigenvalue weighted by molar-refractivity contribution is 0.661. The molecule has 0 aliphatic rings. The maximum absolute atomic E-state index is 4.49. The Morgan fingerprint density at radius 3 is 2.81 bits per heavy atom. The molecule has 0 saturated carbocycles. The summed E-state index contributed by atoms with van der Waals surface area (Å²) >= 11 is 3.43. The van der Waals surface area contributed by atoms with Crippen molar-refractivity contribution in [2.24, 2.45) is 0 Å². The van der Waals surface area contributed by atoms with Crippen LogP contribution >= 0.6 is 15.9 Å². The largest absolute Gasteiger partial charge is 0.337 e. The number of aromatic nitrogens is 2. The summed E-state index contributed by atoms with van der Waals surface area (Å²) in [5.74, 6) is 0. The minimum Gasteiger partial charge on any atom is -0.337 e. The summed E-state index contributed by atoms with van der Waals surface area (Å²) in [6.07, 6.45) is 1.85. The zero-order valence-electron chi connectivity index (χ0n) is 12.0. The molecule has 0 saturated heterocycles. The number of halogens is 1. The van der Waals surface area contributed by atoms with Crippen LogP contribution in [0.1, 0.15) is 18.3 Å². The second-order valence-electron chi connectivity index (χ2n) is 5.03. The number of rotatable bonds is 5. The Kier molecular flexibility index (Phi) is 4.36. The fourth-order valence-electron chi connectivity index (χ4n) is 2.52. The van der Waals surface area contributed by atoms with E-state index in [2.05, 4.69) is 74.1 Å². The molecule has 0 amide bonds. The Labute approximate surface area is 133 Å². The third-order valence-corrected chi connectivity index (χ3v) is 4.03. The third kappa shape index (κ3) is 3.17. The quantitative estimate of drug-likeness (QED) is 0.759. The SMILES string of the molecule is CCNCc1cc2ccccc2n1Cc1ccc(Br)cn1. The molecular weight excluding hydrogens is 326 g/mol. The number of hydrogen-bond donors (Lipinski definition) is 1. The molecule has 108 valence electrons. The highest BCUT2D eigenvalue weighted by atomic mass is 79.9. The van der Waals surface area contributed by atoms with Crippen LogP contribution in [0.5, 0.6) is 0 Å². The normalized spacial score (nSPS) is 11.1. The van der Waals surface area contributed by atoms with Crippen molar-refractivity contribution in [1.29, 1.82) is 0 Å². The van der Waals surface area contributed by atoms with Gasteiger partial charge in [0.2, 0.25) is 0 Å². The lowest BCUT2D eigenvalue weighted by Gasteiger charge is -2.11. The van der Waals surface area contributed by atoms with Crippen LogP contribution in [0.3, 0.4) is 0 Å². The van der Waals surface area contributed by atoms with Gasteiger partial charge in [0.05, 0.1) is 12.2 Å². The molecule has 0 aliphatic heterocycles. The first-order valence-corrected chi connectivity index (χ1v) is 7.95. The molecule has 0 bridgehead atoms. The van der Waals surface area contributed by atoms with Crippen LogP contribution in [0.4, 0.5) is 0 Å². The van der Waals surface area contributed by atoms with Crippen LogP contribution in [0.15, 0.2) is 53.1 Å². The maximum atomic E-state index is 4.49. The molecule has 0 radical (unpaired) electrons. The number of fused-ring (bicyclic) bond motifs is 1. The van der Waals surface area contributed by atoms with Gasteiger partial charge in [-0.2, -0.15) is 0 Å². The number of hydrogen-bond acceptors (Lipinski definition) is 2. The first-order chi connectivity index (χ1) is 10.3. The van der Waals surface area contributed by atoms with Gasteiger partial charge < -0.3 is 9.88 Å². The summed E-state index contributed by atoms with van der Waals surface area (Å²) in [6.45, 7) is 4.77. The fraction of sp³-hybridized carbons (Fsp3) is 0.235. The number of nitrogens with zero attached hydrogens (tertiary/aromatic N) is 2. The van der Waals surface area contributed by atoms with E-state index in [9.17, 15) is 0 Å². The number of pyridine rings is 1. The Bertz CT molecular complexity index is 731. The van der Waals surface area contributed by atoms with Gasteiger partial charge in [0.15, 0.2) is 0 Å². The maximum Gasteiger partial charge on any atom is 0.0651 e. The van der Waals surface area contributed by atoms with Gasteiger partial charge in [0.25, 0.3) is 0 Å². The van der Waals surface area contributed by atoms with Gasteiger partial charge in [-0.15, -0.1) is 0 Å². The standard InChI is InChI=1S/C17H18BrN3/c1-2-19-11-16-9-13-5-3-4-6-17(13)21(16)12-15-8-7-14(18)10-20-15/h3-10,19H,2,11-12H2,1H3. The fourth-order valence-corrected chi connectivity index (χ4v) is 2.75. The third-order valence-electron chi connectivity index (χ3n) is 3.56. The molecule has 0 aliphatic carbocycles. The van der Waals surface area contributed by atoms with Gasteiger partial charge in [-0.1, -0.05) is 25.1 Å². The van der Waals surface area contributed by atoms with E-state index in [-0.39, 0.29) is 0 Å². The Morgan fingerprint density at radius 2 is 2.05 bits per heavy atom. The predicted octanol–water partition coefficient (Wildman–Crippen LogP) is 3.96. The first kappa shape index (κ1) is 14.3. The van der Waals surface area contributed by atoms with Gasteiger partial charge in [0.1, 0.15) is 0 Å². The Balaban J connectivity index is 1.99. The number of para-hydroxylation sites is 1. The molecule has 0 unspecified atom stereocenters. The molecule has 3 nitrogen and oxygen atoms in total. The molecule has 0 atom stereocenters. The minimum absolute atomic E-state index is 0.793. The Hall–Kier alpha value is -1.65. The lowest BCUT2D eigenvalue weighted by atomic mass is 10.2. The van der Waals surface area contributed by atoms with Crippen LogP contribution < -0.4 is 5.32 Å². The second-order valence-corrected chi connectivity index (χ2v) is 5.94. The highest BCUT2D eigenvalue weighted by molar-refractivity contribution is 9.10. The van der Waals surface area contributed by atoms with Crippen molar-refractivity contribution in [3.05, 3.63) is 64.5 Å². The average molecular weight is 344 g/mol. The molecule has 2 heterocycles. The van der Waals surface area contributed by atoms with Crippen LogP contribution in [0.2, 0.25) is 0 Å². The highest BCUT2D eigenvalue weighted by Gasteiger charge is 2.09. The van der Waals surface area contributed by atoms with E-state index in [0.29, 0.717) is 0 Å². The molecular formula is C17H18BrN3. The van der Waals surface area contributed by atoms with E-state index >= 15 is 0 Å². The predicted molar refractivity (Wildman–Crippen MR) is 90.4 cm³/mol. The number of benzene rings is 1. The van der Waals surface area contributed by atoms with E-state index in [1.807, 2.05) is 12.3 Å². The smallest absolute Gasteiger partial charge is 0.0651 e. The molecule has 4 heteroatoms. The topological polar surface area (TPSA) is 29.9 Å². The van der Waals surface area contributed by atoms with Crippen LogP contribution in [-0.4, -0.2) is 16.1 Å². The van der Waals surface area contributed by atoms with Crippen molar-refractivity contribution in [2.75, 3.05) is 6.54 Å². The molecule has 3 rings (SSSR count). The lowest BCUT2D eigenvalue weighted by Crippen LogP contribution is -2.16. The van der Waals surface area contributed by atoms with Gasteiger partial charge in [-0.3, -0.25) is 4.98 Å². The molecule has 1 aromatic carbocycles. The van der Waals surface area contributed by atoms with E-state index in [1.165, 1.54) is 16.6 Å². The summed E-state index contributed by atoms with van der Waals surface area (Å²) in [7, 11) is 0. The summed E-state index contributed by atoms with van der Waals surface area (Å²) in [6, 6.07) is 14.9. The van der Waals surface area contributed by atoms with Crippen molar-refractivity contribution in [1.82, 2.24) is 14.9 Å². The van der Waals surface area contributed by atoms with Crippen LogP contribution in [-0.2, 0) is 13.1 Å². The van der Waals surface area contributed by atoms with Gasteiger partial charge in [-0.05, 0) is 52.1 Å². The minimum atomic E-state index is 0.793. The zero-order valence-corrected chi connectivity index (χ0v) is 13.6. The van der Waals surface area contributed by atoms with Gasteiger partial charge in [0, 0.05) is 28.4 Å². The van der Waals surface area contributed by atoms with Crippen LogP contribution in [0.25, 0.3) is 10.9 Å². The molecule has 3 aromatic rings.